The Hall–Kier alpha value is -0.120. The van der Waals surface area contributed by atoms with Crippen LogP contribution in [0.1, 0.15) is 65.2 Å². The van der Waals surface area contributed by atoms with Crippen molar-refractivity contribution in [2.75, 3.05) is 13.2 Å². The number of rotatable bonds is 5. The molecule has 0 aromatic rings. The fraction of sp³-hybridized carbons (Fsp3) is 1.00. The zero-order valence-electron chi connectivity index (χ0n) is 13.7. The maximum absolute atomic E-state index is 9.72. The molecule has 3 nitrogen and oxygen atoms in total. The van der Waals surface area contributed by atoms with Gasteiger partial charge in [0.1, 0.15) is 6.10 Å². The van der Waals surface area contributed by atoms with Gasteiger partial charge >= 0.3 is 0 Å². The maximum Gasteiger partial charge on any atom is 0.104 e. The van der Waals surface area contributed by atoms with Crippen molar-refractivity contribution >= 4 is 0 Å². The highest BCUT2D eigenvalue weighted by Gasteiger charge is 2.40. The van der Waals surface area contributed by atoms with E-state index in [0.29, 0.717) is 17.6 Å². The molecule has 3 heteroatoms. The number of hydrogen-bond acceptors (Lipinski definition) is 3. The second-order valence-corrected chi connectivity index (χ2v) is 8.09. The summed E-state index contributed by atoms with van der Waals surface area (Å²) in [6, 6.07) is 0. The summed E-state index contributed by atoms with van der Waals surface area (Å²) in [6.45, 7) is 6.65. The molecule has 0 aromatic carbocycles. The van der Waals surface area contributed by atoms with E-state index in [2.05, 4.69) is 13.8 Å². The minimum atomic E-state index is -0.0363. The molecule has 1 unspecified atom stereocenters. The van der Waals surface area contributed by atoms with Gasteiger partial charge in [0.2, 0.25) is 0 Å². The van der Waals surface area contributed by atoms with Crippen molar-refractivity contribution < 1.29 is 14.6 Å². The molecule has 1 aliphatic heterocycles. The Morgan fingerprint density at radius 3 is 2.00 bits per heavy atom. The highest BCUT2D eigenvalue weighted by atomic mass is 16.6. The van der Waals surface area contributed by atoms with E-state index in [9.17, 15) is 5.11 Å². The van der Waals surface area contributed by atoms with Crippen molar-refractivity contribution in [1.82, 2.24) is 0 Å². The maximum atomic E-state index is 9.72. The van der Waals surface area contributed by atoms with Crippen LogP contribution < -0.4 is 0 Å². The Kier molecular flexibility index (Phi) is 4.92. The molecular formula is C18H32O3. The standard InChI is InChI=1S/C18H32O3/c1-18(2,13-3-7-15(19)8-4-13)14-5-9-16(10-6-14)20-11-17-12-21-17/h13-17,19H,3-12H2,1-2H3. The number of aliphatic hydroxyl groups excluding tert-OH is 1. The van der Waals surface area contributed by atoms with Crippen molar-refractivity contribution in [2.24, 2.45) is 17.3 Å². The van der Waals surface area contributed by atoms with Gasteiger partial charge in [0, 0.05) is 0 Å². The molecule has 3 fully saturated rings. The third-order valence-electron chi connectivity index (χ3n) is 6.40. The molecule has 1 N–H and O–H groups in total. The average molecular weight is 296 g/mol. The molecule has 21 heavy (non-hydrogen) atoms. The minimum Gasteiger partial charge on any atom is -0.393 e. The summed E-state index contributed by atoms with van der Waals surface area (Å²) < 4.78 is 11.2. The Morgan fingerprint density at radius 2 is 1.48 bits per heavy atom. The SMILES string of the molecule is CC(C)(C1CCC(O)CC1)C1CCC(OCC2CO2)CC1. The first kappa shape index (κ1) is 15.8. The van der Waals surface area contributed by atoms with Crippen molar-refractivity contribution in [1.29, 1.82) is 0 Å². The molecule has 122 valence electrons. The first-order valence-electron chi connectivity index (χ1n) is 8.97. The number of hydrogen-bond donors (Lipinski definition) is 1. The second-order valence-electron chi connectivity index (χ2n) is 8.09. The van der Waals surface area contributed by atoms with E-state index < -0.39 is 0 Å². The van der Waals surface area contributed by atoms with Crippen molar-refractivity contribution in [3.05, 3.63) is 0 Å². The van der Waals surface area contributed by atoms with Gasteiger partial charge in [-0.15, -0.1) is 0 Å². The molecule has 1 heterocycles. The molecule has 0 amide bonds. The van der Waals surface area contributed by atoms with Gasteiger partial charge in [-0.05, 0) is 68.6 Å². The van der Waals surface area contributed by atoms with Crippen LogP contribution in [0.5, 0.6) is 0 Å². The van der Waals surface area contributed by atoms with Crippen LogP contribution in [0.3, 0.4) is 0 Å². The van der Waals surface area contributed by atoms with E-state index >= 15 is 0 Å². The van der Waals surface area contributed by atoms with Crippen LogP contribution in [0, 0.1) is 17.3 Å². The van der Waals surface area contributed by atoms with Crippen LogP contribution in [0.4, 0.5) is 0 Å². The van der Waals surface area contributed by atoms with E-state index in [0.717, 1.165) is 37.9 Å². The molecule has 1 saturated heterocycles. The third-order valence-corrected chi connectivity index (χ3v) is 6.40. The fourth-order valence-corrected chi connectivity index (χ4v) is 4.53. The summed E-state index contributed by atoms with van der Waals surface area (Å²) in [5, 5.41) is 9.72. The van der Waals surface area contributed by atoms with E-state index in [1.54, 1.807) is 0 Å². The first-order valence-corrected chi connectivity index (χ1v) is 8.97. The van der Waals surface area contributed by atoms with Gasteiger partial charge in [0.25, 0.3) is 0 Å². The molecule has 0 radical (unpaired) electrons. The Bertz CT molecular complexity index is 321. The molecule has 2 aliphatic carbocycles. The van der Waals surface area contributed by atoms with Gasteiger partial charge in [-0.25, -0.2) is 0 Å². The second kappa shape index (κ2) is 6.55. The normalized spacial score (nSPS) is 41.0. The summed E-state index contributed by atoms with van der Waals surface area (Å²) in [5.74, 6) is 1.62. The molecular weight excluding hydrogens is 264 g/mol. The van der Waals surface area contributed by atoms with Gasteiger partial charge in [-0.1, -0.05) is 13.8 Å². The number of aliphatic hydroxyl groups is 1. The lowest BCUT2D eigenvalue weighted by Crippen LogP contribution is -2.38. The van der Waals surface area contributed by atoms with Crippen LogP contribution in [-0.2, 0) is 9.47 Å². The van der Waals surface area contributed by atoms with Gasteiger partial charge in [0.15, 0.2) is 0 Å². The highest BCUT2D eigenvalue weighted by molar-refractivity contribution is 4.90. The molecule has 0 aromatic heterocycles. The molecule has 3 rings (SSSR count). The molecule has 2 saturated carbocycles. The summed E-state index contributed by atoms with van der Waals surface area (Å²) in [4.78, 5) is 0. The van der Waals surface area contributed by atoms with E-state index in [1.165, 1.54) is 38.5 Å². The van der Waals surface area contributed by atoms with Crippen LogP contribution in [0.15, 0.2) is 0 Å². The van der Waals surface area contributed by atoms with Crippen molar-refractivity contribution in [2.45, 2.75) is 83.5 Å². The number of epoxide rings is 1. The van der Waals surface area contributed by atoms with Crippen LogP contribution in [0.2, 0.25) is 0 Å². The smallest absolute Gasteiger partial charge is 0.104 e. The van der Waals surface area contributed by atoms with E-state index in [-0.39, 0.29) is 6.10 Å². The predicted octanol–water partition coefficient (Wildman–Crippen LogP) is 3.54. The van der Waals surface area contributed by atoms with Gasteiger partial charge < -0.3 is 14.6 Å². The Labute approximate surface area is 129 Å². The van der Waals surface area contributed by atoms with Crippen LogP contribution >= 0.6 is 0 Å². The summed E-state index contributed by atoms with van der Waals surface area (Å²) in [5.41, 5.74) is 0.421. The summed E-state index contributed by atoms with van der Waals surface area (Å²) >= 11 is 0. The Morgan fingerprint density at radius 1 is 0.952 bits per heavy atom. The van der Waals surface area contributed by atoms with Crippen LogP contribution in [-0.4, -0.2) is 36.6 Å². The Balaban J connectivity index is 1.45. The van der Waals surface area contributed by atoms with Gasteiger partial charge in [-0.3, -0.25) is 0 Å². The fourth-order valence-electron chi connectivity index (χ4n) is 4.53. The van der Waals surface area contributed by atoms with E-state index in [4.69, 9.17) is 9.47 Å². The monoisotopic (exact) mass is 296 g/mol. The average Bonchev–Trinajstić information content (AvgIpc) is 3.30. The molecule has 1 atom stereocenters. The van der Waals surface area contributed by atoms with Crippen molar-refractivity contribution in [3.8, 4) is 0 Å². The highest BCUT2D eigenvalue weighted by Crippen LogP contribution is 2.48. The molecule has 0 spiro atoms. The third kappa shape index (κ3) is 4.00. The lowest BCUT2D eigenvalue weighted by atomic mass is 9.60. The predicted molar refractivity (Wildman–Crippen MR) is 83.2 cm³/mol. The molecule has 3 aliphatic rings. The number of ether oxygens (including phenoxy) is 2. The summed E-state index contributed by atoms with van der Waals surface area (Å²) in [7, 11) is 0. The molecule has 0 bridgehead atoms. The zero-order chi connectivity index (χ0) is 14.9. The zero-order valence-corrected chi connectivity index (χ0v) is 13.7. The lowest BCUT2D eigenvalue weighted by molar-refractivity contribution is -0.0265. The van der Waals surface area contributed by atoms with Gasteiger partial charge in [0.05, 0.1) is 25.4 Å². The first-order chi connectivity index (χ1) is 10.1. The van der Waals surface area contributed by atoms with E-state index in [1.807, 2.05) is 0 Å². The minimum absolute atomic E-state index is 0.0363. The topological polar surface area (TPSA) is 42.0 Å². The largest absolute Gasteiger partial charge is 0.393 e. The lowest BCUT2D eigenvalue weighted by Gasteiger charge is -2.46. The van der Waals surface area contributed by atoms with Gasteiger partial charge in [-0.2, -0.15) is 0 Å². The summed E-state index contributed by atoms with van der Waals surface area (Å²) in [6.07, 6.45) is 10.3. The van der Waals surface area contributed by atoms with Crippen LogP contribution in [0.25, 0.3) is 0 Å². The quantitative estimate of drug-likeness (QED) is 0.789. The van der Waals surface area contributed by atoms with Crippen molar-refractivity contribution in [3.63, 3.8) is 0 Å².